The summed E-state index contributed by atoms with van der Waals surface area (Å²) in [7, 11) is 0. The summed E-state index contributed by atoms with van der Waals surface area (Å²) in [6.07, 6.45) is -0.872. The number of carbonyl (C=O) groups is 4. The molecule has 0 heterocycles. The summed E-state index contributed by atoms with van der Waals surface area (Å²) in [6, 6.07) is 8.46. The van der Waals surface area contributed by atoms with Gasteiger partial charge in [0.2, 0.25) is 0 Å². The van der Waals surface area contributed by atoms with Gasteiger partial charge in [0.25, 0.3) is 5.91 Å². The molecule has 0 aliphatic carbocycles. The van der Waals surface area contributed by atoms with E-state index in [0.717, 1.165) is 28.8 Å². The van der Waals surface area contributed by atoms with E-state index in [1.165, 1.54) is 24.3 Å². The molecule has 0 aliphatic rings. The number of anilines is 2. The van der Waals surface area contributed by atoms with Crippen LogP contribution in [0, 0.1) is 32.4 Å². The molecule has 0 unspecified atom stereocenters. The van der Waals surface area contributed by atoms with Crippen LogP contribution in [0.3, 0.4) is 0 Å². The molecule has 3 amide bonds. The topological polar surface area (TPSA) is 145 Å². The number of rotatable bonds is 8. The van der Waals surface area contributed by atoms with Crippen LogP contribution in [0.25, 0.3) is 11.1 Å². The zero-order valence-electron chi connectivity index (χ0n) is 20.7. The Hall–Kier alpha value is -4.80. The molecule has 0 saturated heterocycles. The molecule has 0 radical (unpaired) electrons. The molecular weight excluding hydrogens is 500 g/mol. The fourth-order valence-electron chi connectivity index (χ4n) is 3.96. The molecule has 38 heavy (non-hydrogen) atoms. The number of nitrogens with one attached hydrogen (secondary N) is 3. The minimum Gasteiger partial charge on any atom is -0.481 e. The molecule has 9 nitrogen and oxygen atoms in total. The highest BCUT2D eigenvalue weighted by Gasteiger charge is 2.25. The second-order valence-corrected chi connectivity index (χ2v) is 8.70. The van der Waals surface area contributed by atoms with Crippen LogP contribution in [-0.4, -0.2) is 40.1 Å². The lowest BCUT2D eigenvalue weighted by Crippen LogP contribution is -2.42. The van der Waals surface area contributed by atoms with Gasteiger partial charge in [0.1, 0.15) is 6.04 Å². The van der Waals surface area contributed by atoms with Crippen molar-refractivity contribution in [2.24, 2.45) is 0 Å². The number of aliphatic carboxylic acids is 2. The number of halogens is 2. The lowest BCUT2D eigenvalue weighted by atomic mass is 10.0. The molecule has 5 N–H and O–H groups in total. The van der Waals surface area contributed by atoms with Crippen LogP contribution in [0.1, 0.15) is 33.5 Å². The van der Waals surface area contributed by atoms with Gasteiger partial charge in [-0.3, -0.25) is 9.59 Å². The summed E-state index contributed by atoms with van der Waals surface area (Å²) >= 11 is 0. The largest absolute Gasteiger partial charge is 0.481 e. The number of carboxylic acids is 2. The fourth-order valence-corrected chi connectivity index (χ4v) is 3.96. The number of urea groups is 1. The zero-order valence-corrected chi connectivity index (χ0v) is 20.7. The van der Waals surface area contributed by atoms with Crippen molar-refractivity contribution in [2.75, 3.05) is 10.6 Å². The third-order valence-corrected chi connectivity index (χ3v) is 5.66. The van der Waals surface area contributed by atoms with E-state index in [-0.39, 0.29) is 16.8 Å². The van der Waals surface area contributed by atoms with Crippen molar-refractivity contribution >= 4 is 35.3 Å². The van der Waals surface area contributed by atoms with Gasteiger partial charge in [-0.25, -0.2) is 18.4 Å². The van der Waals surface area contributed by atoms with Crippen LogP contribution in [0.15, 0.2) is 48.5 Å². The van der Waals surface area contributed by atoms with Crippen molar-refractivity contribution in [1.82, 2.24) is 5.32 Å². The minimum absolute atomic E-state index is 0.0795. The highest BCUT2D eigenvalue weighted by Crippen LogP contribution is 2.28. The van der Waals surface area contributed by atoms with E-state index < -0.39 is 48.0 Å². The van der Waals surface area contributed by atoms with Crippen molar-refractivity contribution in [3.05, 3.63) is 82.4 Å². The van der Waals surface area contributed by atoms with Crippen LogP contribution in [0.2, 0.25) is 0 Å². The fraction of sp³-hybridized carbons (Fsp3) is 0.185. The van der Waals surface area contributed by atoms with Crippen LogP contribution in [0.5, 0.6) is 0 Å². The molecule has 3 rings (SSSR count). The van der Waals surface area contributed by atoms with E-state index in [1.807, 2.05) is 32.9 Å². The Morgan fingerprint density at radius 3 is 2.00 bits per heavy atom. The van der Waals surface area contributed by atoms with Gasteiger partial charge >= 0.3 is 18.0 Å². The lowest BCUT2D eigenvalue weighted by Gasteiger charge is -2.18. The second-order valence-electron chi connectivity index (χ2n) is 8.70. The third-order valence-electron chi connectivity index (χ3n) is 5.66. The van der Waals surface area contributed by atoms with E-state index in [0.29, 0.717) is 11.3 Å². The average molecular weight is 526 g/mol. The van der Waals surface area contributed by atoms with Gasteiger partial charge in [-0.2, -0.15) is 0 Å². The Morgan fingerprint density at radius 2 is 1.42 bits per heavy atom. The molecule has 1 atom stereocenters. The summed E-state index contributed by atoms with van der Waals surface area (Å²) < 4.78 is 27.3. The van der Waals surface area contributed by atoms with Crippen molar-refractivity contribution in [1.29, 1.82) is 0 Å². The van der Waals surface area contributed by atoms with Gasteiger partial charge in [-0.15, -0.1) is 0 Å². The summed E-state index contributed by atoms with van der Waals surface area (Å²) in [4.78, 5) is 48.3. The average Bonchev–Trinajstić information content (AvgIpc) is 2.82. The summed E-state index contributed by atoms with van der Waals surface area (Å²) in [6.45, 7) is 5.53. The number of amides is 3. The molecular formula is C27H25F2N3O6. The van der Waals surface area contributed by atoms with Gasteiger partial charge in [0, 0.05) is 5.69 Å². The van der Waals surface area contributed by atoms with Gasteiger partial charge in [0.05, 0.1) is 17.7 Å². The predicted octanol–water partition coefficient (Wildman–Crippen LogP) is 4.86. The second kappa shape index (κ2) is 11.5. The van der Waals surface area contributed by atoms with E-state index in [9.17, 15) is 33.1 Å². The van der Waals surface area contributed by atoms with Crippen LogP contribution in [0.4, 0.5) is 25.0 Å². The SMILES string of the molecule is Cc1cc(C)c(NC(=O)Nc2cc(-c3ccc(F)c(F)c3)ccc2C(=O)N[C@@H](CC(=O)O)C(=O)O)c(C)c1. The Bertz CT molecular complexity index is 1420. The van der Waals surface area contributed by atoms with Crippen molar-refractivity contribution < 1.29 is 38.2 Å². The first kappa shape index (κ1) is 27.8. The number of hydrogen-bond acceptors (Lipinski definition) is 4. The van der Waals surface area contributed by atoms with Gasteiger partial charge in [-0.05, 0) is 67.3 Å². The van der Waals surface area contributed by atoms with Crippen LogP contribution in [-0.2, 0) is 9.59 Å². The zero-order chi connectivity index (χ0) is 28.1. The first-order valence-corrected chi connectivity index (χ1v) is 11.4. The molecule has 3 aromatic carbocycles. The molecule has 0 fully saturated rings. The third kappa shape index (κ3) is 6.69. The minimum atomic E-state index is -1.73. The Balaban J connectivity index is 1.99. The van der Waals surface area contributed by atoms with Gasteiger partial charge in [-0.1, -0.05) is 29.8 Å². The van der Waals surface area contributed by atoms with Crippen molar-refractivity contribution in [3.8, 4) is 11.1 Å². The van der Waals surface area contributed by atoms with E-state index in [4.69, 9.17) is 5.11 Å². The molecule has 0 aliphatic heterocycles. The Labute approximate surface area is 216 Å². The number of hydrogen-bond donors (Lipinski definition) is 5. The van der Waals surface area contributed by atoms with E-state index >= 15 is 0 Å². The molecule has 198 valence electrons. The first-order valence-electron chi connectivity index (χ1n) is 11.4. The highest BCUT2D eigenvalue weighted by atomic mass is 19.2. The van der Waals surface area contributed by atoms with Gasteiger partial charge in [0.15, 0.2) is 11.6 Å². The maximum absolute atomic E-state index is 13.8. The standard InChI is InChI=1S/C27H25F2N3O6/c1-13-8-14(2)24(15(3)9-13)32-27(38)31-21-11-17(16-5-7-19(28)20(29)10-16)4-6-18(21)25(35)30-22(26(36)37)12-23(33)34/h4-11,22H,12H2,1-3H3,(H,30,35)(H,33,34)(H,36,37)(H2,31,32,38)/t22-/m0/s1. The lowest BCUT2D eigenvalue weighted by molar-refractivity contribution is -0.145. The first-order chi connectivity index (χ1) is 17.8. The maximum Gasteiger partial charge on any atom is 0.326 e. The Morgan fingerprint density at radius 1 is 0.816 bits per heavy atom. The molecule has 0 bridgehead atoms. The highest BCUT2D eigenvalue weighted by molar-refractivity contribution is 6.08. The van der Waals surface area contributed by atoms with Crippen LogP contribution < -0.4 is 16.0 Å². The van der Waals surface area contributed by atoms with Crippen molar-refractivity contribution in [2.45, 2.75) is 33.2 Å². The molecule has 11 heteroatoms. The smallest absolute Gasteiger partial charge is 0.326 e. The molecule has 3 aromatic rings. The van der Waals surface area contributed by atoms with Crippen molar-refractivity contribution in [3.63, 3.8) is 0 Å². The monoisotopic (exact) mass is 525 g/mol. The van der Waals surface area contributed by atoms with E-state index in [2.05, 4.69) is 16.0 Å². The number of carboxylic acid groups (broad SMARTS) is 2. The van der Waals surface area contributed by atoms with Crippen LogP contribution >= 0.6 is 0 Å². The molecule has 0 saturated carbocycles. The molecule has 0 spiro atoms. The van der Waals surface area contributed by atoms with E-state index in [1.54, 1.807) is 0 Å². The van der Waals surface area contributed by atoms with Gasteiger partial charge < -0.3 is 26.2 Å². The number of carbonyl (C=O) groups excluding carboxylic acids is 2. The normalized spacial score (nSPS) is 11.4. The quantitative estimate of drug-likeness (QED) is 0.284. The Kier molecular flexibility index (Phi) is 8.41. The molecule has 0 aromatic heterocycles. The predicted molar refractivity (Wildman–Crippen MR) is 136 cm³/mol. The summed E-state index contributed by atoms with van der Waals surface area (Å²) in [5.74, 6) is -6.11. The summed E-state index contributed by atoms with van der Waals surface area (Å²) in [5.41, 5.74) is 3.44. The number of aryl methyl sites for hydroxylation is 3. The number of benzene rings is 3. The summed E-state index contributed by atoms with van der Waals surface area (Å²) in [5, 5.41) is 25.6. The maximum atomic E-state index is 13.8.